The molecule has 240 valence electrons. The highest BCUT2D eigenvalue weighted by Gasteiger charge is 2.52. The normalized spacial score (nSPS) is 25.7. The zero-order valence-corrected chi connectivity index (χ0v) is 26.5. The molecule has 2 saturated heterocycles. The van der Waals surface area contributed by atoms with Crippen molar-refractivity contribution in [2.45, 2.75) is 86.8 Å². The highest BCUT2D eigenvalue weighted by Crippen LogP contribution is 2.53. The minimum absolute atomic E-state index is 0.00553. The van der Waals surface area contributed by atoms with Crippen molar-refractivity contribution in [3.05, 3.63) is 23.0 Å². The second-order valence-electron chi connectivity index (χ2n) is 12.9. The summed E-state index contributed by atoms with van der Waals surface area (Å²) in [7, 11) is -0.752. The summed E-state index contributed by atoms with van der Waals surface area (Å²) in [6, 6.07) is 1.62. The molecule has 0 amide bonds. The van der Waals surface area contributed by atoms with Gasteiger partial charge in [0.2, 0.25) is 15.0 Å². The van der Waals surface area contributed by atoms with E-state index in [1.54, 1.807) is 24.7 Å². The predicted molar refractivity (Wildman–Crippen MR) is 155 cm³/mol. The number of nitrogens with zero attached hydrogens (tertiary/aromatic N) is 5. The number of piperidine rings is 1. The van der Waals surface area contributed by atoms with Crippen LogP contribution in [0.5, 0.6) is 0 Å². The van der Waals surface area contributed by atoms with Crippen LogP contribution in [0.15, 0.2) is 17.2 Å². The predicted octanol–water partition coefficient (Wildman–Crippen LogP) is 4.36. The van der Waals surface area contributed by atoms with Crippen LogP contribution >= 0.6 is 11.3 Å². The summed E-state index contributed by atoms with van der Waals surface area (Å²) in [6.45, 7) is 5.62. The molecule has 2 aliphatic heterocycles. The van der Waals surface area contributed by atoms with Gasteiger partial charge in [0.1, 0.15) is 21.9 Å². The number of aromatic nitrogens is 4. The van der Waals surface area contributed by atoms with Gasteiger partial charge < -0.3 is 19.1 Å². The fraction of sp³-hybridized carbons (Fsp3) is 0.679. The lowest BCUT2D eigenvalue weighted by Crippen LogP contribution is -2.47. The van der Waals surface area contributed by atoms with Crippen LogP contribution in [0.1, 0.15) is 63.1 Å². The van der Waals surface area contributed by atoms with E-state index < -0.39 is 32.3 Å². The van der Waals surface area contributed by atoms with E-state index in [4.69, 9.17) is 19.2 Å². The molecule has 2 saturated carbocycles. The average molecular weight is 657 g/mol. The van der Waals surface area contributed by atoms with Gasteiger partial charge in [-0.25, -0.2) is 18.1 Å². The van der Waals surface area contributed by atoms with Gasteiger partial charge in [0.05, 0.1) is 24.5 Å². The van der Waals surface area contributed by atoms with Gasteiger partial charge in [-0.1, -0.05) is 11.3 Å². The van der Waals surface area contributed by atoms with Gasteiger partial charge in [0.15, 0.2) is 10.7 Å². The van der Waals surface area contributed by atoms with Crippen LogP contribution in [0.25, 0.3) is 16.3 Å². The molecule has 0 aromatic carbocycles. The lowest BCUT2D eigenvalue weighted by Gasteiger charge is -2.42. The van der Waals surface area contributed by atoms with Crippen LogP contribution in [0, 0.1) is 5.41 Å². The number of sulfonamides is 1. The first-order valence-electron chi connectivity index (χ1n) is 14.7. The molecule has 1 unspecified atom stereocenters. The first kappa shape index (κ1) is 30.3. The summed E-state index contributed by atoms with van der Waals surface area (Å²) in [5, 5.41) is 6.23. The van der Waals surface area contributed by atoms with Crippen LogP contribution in [0.3, 0.4) is 0 Å². The number of hydrogen-bond acceptors (Lipinski definition) is 10. The topological polar surface area (TPSA) is 120 Å². The lowest BCUT2D eigenvalue weighted by atomic mass is 9.74. The van der Waals surface area contributed by atoms with E-state index in [2.05, 4.69) is 19.8 Å². The number of alkyl halides is 3. The Morgan fingerprint density at radius 3 is 2.39 bits per heavy atom. The van der Waals surface area contributed by atoms with Crippen molar-refractivity contribution in [1.82, 2.24) is 24.3 Å². The second kappa shape index (κ2) is 10.1. The Labute approximate surface area is 257 Å². The summed E-state index contributed by atoms with van der Waals surface area (Å²) in [5.74, 6) is 0. The third kappa shape index (κ3) is 4.92. The number of fused-ring (bicyclic) bond motifs is 1. The Balaban J connectivity index is 1.39. The van der Waals surface area contributed by atoms with Crippen LogP contribution in [-0.4, -0.2) is 79.7 Å². The molecular weight excluding hydrogens is 621 g/mol. The van der Waals surface area contributed by atoms with E-state index in [0.29, 0.717) is 60.9 Å². The van der Waals surface area contributed by atoms with E-state index in [1.807, 2.05) is 13.8 Å². The molecule has 7 rings (SSSR count). The summed E-state index contributed by atoms with van der Waals surface area (Å²) < 4.78 is 90.4. The van der Waals surface area contributed by atoms with E-state index in [9.17, 15) is 21.6 Å². The summed E-state index contributed by atoms with van der Waals surface area (Å²) in [4.78, 5) is 7.07. The summed E-state index contributed by atoms with van der Waals surface area (Å²) >= 11 is 0.401. The van der Waals surface area contributed by atoms with Crippen molar-refractivity contribution in [3.63, 3.8) is 0 Å². The Morgan fingerprint density at radius 1 is 1.11 bits per heavy atom. The van der Waals surface area contributed by atoms with Crippen molar-refractivity contribution < 1.29 is 35.8 Å². The number of nitrogens with one attached hydrogen (secondary N) is 1. The molecule has 1 N–H and O–H groups in total. The molecule has 44 heavy (non-hydrogen) atoms. The molecule has 1 spiro atoms. The standard InChI is InChI=1S/C28H35F3N6O5S2/c1-16-21(40-3)26(15-42-16)9-11-36(12-10-26)18-13-17(44(38,39)35-25(2)5-6-25)14-37-19(23-33-34-24(43-23)28(29,30)31)20(32-22(18)37)27(41-4)7-8-27/h13-14,16,21,35H,5-12,15H2,1-4H3/t16-,21?/m0/s1. The number of pyridine rings is 1. The van der Waals surface area contributed by atoms with Gasteiger partial charge >= 0.3 is 6.18 Å². The molecule has 4 aliphatic rings. The van der Waals surface area contributed by atoms with Crippen LogP contribution < -0.4 is 9.62 Å². The van der Waals surface area contributed by atoms with E-state index in [1.165, 1.54) is 6.20 Å². The quantitative estimate of drug-likeness (QED) is 0.377. The van der Waals surface area contributed by atoms with Crippen LogP contribution in [0.4, 0.5) is 18.9 Å². The fourth-order valence-corrected chi connectivity index (χ4v) is 9.03. The SMILES string of the molecule is COC1[C@H](C)OCC12CCN(c1cc(S(=O)(=O)NC3(C)CC3)cn3c(-c4nnc(C(F)(F)F)s4)c(C4(OC)CC4)nc13)CC2. The van der Waals surface area contributed by atoms with Crippen molar-refractivity contribution in [2.24, 2.45) is 5.41 Å². The minimum Gasteiger partial charge on any atom is -0.378 e. The third-order valence-corrected chi connectivity index (χ3v) is 12.4. The number of imidazole rings is 1. The zero-order chi connectivity index (χ0) is 31.3. The highest BCUT2D eigenvalue weighted by molar-refractivity contribution is 7.89. The minimum atomic E-state index is -4.68. The molecule has 2 atom stereocenters. The number of rotatable bonds is 8. The van der Waals surface area contributed by atoms with Crippen molar-refractivity contribution in [2.75, 3.05) is 38.8 Å². The highest BCUT2D eigenvalue weighted by atomic mass is 32.2. The number of methoxy groups -OCH3 is 2. The number of hydrogen-bond donors (Lipinski definition) is 1. The van der Waals surface area contributed by atoms with Gasteiger partial charge in [-0.05, 0) is 58.4 Å². The molecule has 16 heteroatoms. The van der Waals surface area contributed by atoms with Crippen molar-refractivity contribution in [3.8, 4) is 10.7 Å². The number of anilines is 1. The maximum absolute atomic E-state index is 13.7. The molecule has 2 aliphatic carbocycles. The van der Waals surface area contributed by atoms with E-state index in [-0.39, 0.29) is 33.2 Å². The van der Waals surface area contributed by atoms with Crippen LogP contribution in [0.2, 0.25) is 0 Å². The second-order valence-corrected chi connectivity index (χ2v) is 15.5. The van der Waals surface area contributed by atoms with Gasteiger partial charge in [-0.15, -0.1) is 10.2 Å². The van der Waals surface area contributed by atoms with Crippen molar-refractivity contribution >= 4 is 32.7 Å². The van der Waals surface area contributed by atoms with Crippen LogP contribution in [-0.2, 0) is 36.0 Å². The smallest absolute Gasteiger partial charge is 0.378 e. The van der Waals surface area contributed by atoms with Gasteiger partial charge in [0.25, 0.3) is 0 Å². The first-order valence-corrected chi connectivity index (χ1v) is 17.0. The van der Waals surface area contributed by atoms with E-state index in [0.717, 1.165) is 25.7 Å². The molecule has 3 aromatic rings. The average Bonchev–Trinajstić information content (AvgIpc) is 3.75. The molecule has 0 bridgehead atoms. The summed E-state index contributed by atoms with van der Waals surface area (Å²) in [5.41, 5.74) is 0.183. The van der Waals surface area contributed by atoms with Gasteiger partial charge in [0, 0.05) is 44.5 Å². The van der Waals surface area contributed by atoms with E-state index >= 15 is 0 Å². The maximum atomic E-state index is 13.7. The Kier molecular flexibility index (Phi) is 6.93. The molecule has 3 aromatic heterocycles. The maximum Gasteiger partial charge on any atom is 0.445 e. The fourth-order valence-electron chi connectivity index (χ4n) is 6.79. The Bertz CT molecular complexity index is 1710. The molecule has 0 radical (unpaired) electrons. The number of ether oxygens (including phenoxy) is 3. The monoisotopic (exact) mass is 656 g/mol. The van der Waals surface area contributed by atoms with Gasteiger partial charge in [-0.2, -0.15) is 13.2 Å². The first-order chi connectivity index (χ1) is 20.7. The molecular formula is C28H35F3N6O5S2. The number of halogens is 3. The van der Waals surface area contributed by atoms with Gasteiger partial charge in [-0.3, -0.25) is 4.40 Å². The molecule has 11 nitrogen and oxygen atoms in total. The van der Waals surface area contributed by atoms with Crippen molar-refractivity contribution in [1.29, 1.82) is 0 Å². The molecule has 5 heterocycles. The third-order valence-electron chi connectivity index (χ3n) is 9.78. The zero-order valence-electron chi connectivity index (χ0n) is 24.9. The molecule has 4 fully saturated rings. The largest absolute Gasteiger partial charge is 0.445 e. The Hall–Kier alpha value is -2.37. The summed E-state index contributed by atoms with van der Waals surface area (Å²) in [6.07, 6.45) is 0.853. The lowest BCUT2D eigenvalue weighted by molar-refractivity contribution is -0.138. The Morgan fingerprint density at radius 2 is 1.82 bits per heavy atom.